The van der Waals surface area contributed by atoms with Crippen LogP contribution in [0, 0.1) is 6.92 Å². The maximum absolute atomic E-state index is 14.2. The van der Waals surface area contributed by atoms with Gasteiger partial charge >= 0.3 is 6.09 Å². The van der Waals surface area contributed by atoms with E-state index in [0.29, 0.717) is 97.2 Å². The number of allylic oxidation sites excluding steroid dienone is 4. The van der Waals surface area contributed by atoms with Crippen molar-refractivity contribution in [3.63, 3.8) is 0 Å². The van der Waals surface area contributed by atoms with E-state index >= 15 is 0 Å². The molecular weight excluding hydrogens is 1000 g/mol. The molecule has 3 aromatic rings. The number of benzene rings is 3. The zero-order chi connectivity index (χ0) is 55.3. The number of ether oxygens (including phenoxy) is 5. The summed E-state index contributed by atoms with van der Waals surface area (Å²) in [5, 5.41) is 15.1. The molecule has 19 nitrogen and oxygen atoms in total. The second-order valence-electron chi connectivity index (χ2n) is 19.4. The van der Waals surface area contributed by atoms with Crippen LogP contribution in [0.25, 0.3) is 0 Å². The van der Waals surface area contributed by atoms with Crippen molar-refractivity contribution in [3.8, 4) is 17.2 Å². The molecule has 0 aromatic heterocycles. The lowest BCUT2D eigenvalue weighted by Gasteiger charge is -2.31. The Labute approximate surface area is 453 Å². The predicted molar refractivity (Wildman–Crippen MR) is 291 cm³/mol. The molecule has 0 spiro atoms. The highest BCUT2D eigenvalue weighted by molar-refractivity contribution is 6.13. The van der Waals surface area contributed by atoms with Gasteiger partial charge in [-0.3, -0.25) is 38.7 Å². The molecule has 3 atom stereocenters. The average Bonchev–Trinajstić information content (AvgIpc) is 4.30. The SMILES string of the molecule is C/C=C/C1=CN2C(=O)c3cc(OC)c(OCCCCCOc4cc5c(cc4C)C(=O)N4C=C(/C=C/C)C[C@H]4[C@H](O)N5C(=O)OCc4ccc(NCC(=O)CCOCCCC(=O)CCN5C(=O)C=CC5=O)cc4)cc3N=C[C@@H]2C1. The fraction of sp³-hybridized carbons (Fsp3) is 0.390. The maximum atomic E-state index is 14.2. The molecule has 19 heteroatoms. The number of carbonyl (C=O) groups is 7. The van der Waals surface area contributed by atoms with E-state index in [9.17, 15) is 38.7 Å². The van der Waals surface area contributed by atoms with Crippen LogP contribution < -0.4 is 24.4 Å². The molecule has 8 rings (SSSR count). The molecular formula is C59H66N6O13. The Bertz CT molecular complexity index is 2960. The predicted octanol–water partition coefficient (Wildman–Crippen LogP) is 8.22. The molecule has 5 aliphatic heterocycles. The number of aliphatic hydroxyl groups excluding tert-OH is 1. The second-order valence-corrected chi connectivity index (χ2v) is 19.4. The van der Waals surface area contributed by atoms with Gasteiger partial charge < -0.3 is 43.9 Å². The maximum Gasteiger partial charge on any atom is 0.416 e. The van der Waals surface area contributed by atoms with Crippen LogP contribution in [0.2, 0.25) is 0 Å². The molecule has 0 saturated carbocycles. The highest BCUT2D eigenvalue weighted by Gasteiger charge is 2.45. The van der Waals surface area contributed by atoms with Gasteiger partial charge in [0, 0.05) is 81.0 Å². The molecule has 3 aromatic carbocycles. The highest BCUT2D eigenvalue weighted by atomic mass is 16.6. The number of imide groups is 1. The van der Waals surface area contributed by atoms with Gasteiger partial charge in [-0.25, -0.2) is 9.69 Å². The number of nitrogens with zero attached hydrogens (tertiary/aromatic N) is 5. The topological polar surface area (TPSA) is 223 Å². The summed E-state index contributed by atoms with van der Waals surface area (Å²) in [4.78, 5) is 100.0. The van der Waals surface area contributed by atoms with E-state index in [2.05, 4.69) is 10.3 Å². The number of methoxy groups -OCH3 is 1. The van der Waals surface area contributed by atoms with Crippen molar-refractivity contribution < 1.29 is 62.4 Å². The third kappa shape index (κ3) is 13.5. The summed E-state index contributed by atoms with van der Waals surface area (Å²) >= 11 is 0. The smallest absolute Gasteiger partial charge is 0.416 e. The van der Waals surface area contributed by atoms with E-state index < -0.39 is 30.2 Å². The lowest BCUT2D eigenvalue weighted by atomic mass is 10.1. The summed E-state index contributed by atoms with van der Waals surface area (Å²) in [7, 11) is 1.53. The number of hydrogen-bond acceptors (Lipinski definition) is 15. The van der Waals surface area contributed by atoms with Crippen molar-refractivity contribution in [2.75, 3.05) is 56.8 Å². The number of ketones is 2. The van der Waals surface area contributed by atoms with Gasteiger partial charge in [0.25, 0.3) is 23.6 Å². The van der Waals surface area contributed by atoms with E-state index in [-0.39, 0.29) is 86.2 Å². The van der Waals surface area contributed by atoms with Gasteiger partial charge in [-0.05, 0) is 106 Å². The summed E-state index contributed by atoms with van der Waals surface area (Å²) in [6, 6.07) is 12.8. The van der Waals surface area contributed by atoms with Gasteiger partial charge in [0.1, 0.15) is 18.1 Å². The second kappa shape index (κ2) is 26.3. The van der Waals surface area contributed by atoms with E-state index in [1.54, 1.807) is 65.8 Å². The number of hydrogen-bond donors (Lipinski definition) is 2. The fourth-order valence-corrected chi connectivity index (χ4v) is 9.68. The van der Waals surface area contributed by atoms with Gasteiger partial charge in [0.15, 0.2) is 23.5 Å². The molecule has 2 N–H and O–H groups in total. The van der Waals surface area contributed by atoms with Crippen LogP contribution in [0.5, 0.6) is 17.2 Å². The standard InChI is InChI=1S/C59H66N6O13/c1-5-11-40-28-43-33-61-48-31-53(52(74-4)30-46(48)56(70)63(43)35-40)77-25-9-7-8-24-76-51-32-49-47(27-38(51)3)57(71)64-36-41(12-6-2)29-50(64)58(72)65(49)59(73)78-37-39-14-16-42(17-15-39)60-34-45(67)21-26-75-23-10-13-44(66)20-22-62-54(68)18-19-55(62)69/h5-6,11-12,14-19,27,30-33,35-36,43,50,58,60,72H,7-10,13,20-26,28-29,34,37H2,1-4H3/b11-5+,12-6+/t43-,50-,58-/m0/s1. The van der Waals surface area contributed by atoms with Gasteiger partial charge in [0.2, 0.25) is 0 Å². The van der Waals surface area contributed by atoms with Gasteiger partial charge in [0.05, 0.1) is 68.1 Å². The first-order valence-corrected chi connectivity index (χ1v) is 26.4. The zero-order valence-corrected chi connectivity index (χ0v) is 44.4. The molecule has 0 unspecified atom stereocenters. The van der Waals surface area contributed by atoms with Crippen LogP contribution in [-0.2, 0) is 35.3 Å². The van der Waals surface area contributed by atoms with E-state index in [1.807, 2.05) is 51.3 Å². The molecule has 5 aliphatic rings. The number of anilines is 2. The lowest BCUT2D eigenvalue weighted by molar-refractivity contribution is -0.137. The minimum Gasteiger partial charge on any atom is -0.493 e. The molecule has 0 fully saturated rings. The number of amides is 5. The first kappa shape index (κ1) is 56.1. The Morgan fingerprint density at radius 1 is 0.744 bits per heavy atom. The molecule has 78 heavy (non-hydrogen) atoms. The summed E-state index contributed by atoms with van der Waals surface area (Å²) in [5.74, 6) is -0.156. The lowest BCUT2D eigenvalue weighted by Crippen LogP contribution is -2.50. The summed E-state index contributed by atoms with van der Waals surface area (Å²) in [6.07, 6.45) is 17.1. The van der Waals surface area contributed by atoms with Crippen molar-refractivity contribution in [2.45, 2.75) is 103 Å². The Balaban J connectivity index is 0.810. The van der Waals surface area contributed by atoms with Crippen LogP contribution >= 0.6 is 0 Å². The number of rotatable bonds is 26. The Morgan fingerprint density at radius 3 is 2.15 bits per heavy atom. The zero-order valence-electron chi connectivity index (χ0n) is 44.4. The number of fused-ring (bicyclic) bond motifs is 4. The molecule has 410 valence electrons. The largest absolute Gasteiger partial charge is 0.493 e. The number of Topliss-reactive ketones (excluding diaryl/α,β-unsaturated/α-hetero) is 2. The van der Waals surface area contributed by atoms with E-state index in [4.69, 9.17) is 23.7 Å². The normalized spacial score (nSPS) is 18.4. The quantitative estimate of drug-likeness (QED) is 0.0571. The van der Waals surface area contributed by atoms with Crippen molar-refractivity contribution >= 4 is 64.6 Å². The minimum absolute atomic E-state index is 0.0535. The summed E-state index contributed by atoms with van der Waals surface area (Å²) < 4.78 is 29.4. The first-order chi connectivity index (χ1) is 37.8. The van der Waals surface area contributed by atoms with Crippen molar-refractivity contribution in [2.24, 2.45) is 4.99 Å². The molecule has 0 aliphatic carbocycles. The van der Waals surface area contributed by atoms with Crippen molar-refractivity contribution in [1.82, 2.24) is 14.7 Å². The number of nitrogens with one attached hydrogen (secondary N) is 1. The summed E-state index contributed by atoms with van der Waals surface area (Å²) in [6.45, 7) is 6.76. The molecule has 0 radical (unpaired) electrons. The molecule has 5 amide bonds. The highest BCUT2D eigenvalue weighted by Crippen LogP contribution is 2.41. The van der Waals surface area contributed by atoms with E-state index in [0.717, 1.165) is 27.4 Å². The molecule has 0 bridgehead atoms. The Morgan fingerprint density at radius 2 is 1.44 bits per heavy atom. The van der Waals surface area contributed by atoms with Crippen LogP contribution in [0.15, 0.2) is 114 Å². The van der Waals surface area contributed by atoms with Gasteiger partial charge in [-0.15, -0.1) is 0 Å². The van der Waals surface area contributed by atoms with Crippen LogP contribution in [0.3, 0.4) is 0 Å². The third-order valence-electron chi connectivity index (χ3n) is 13.8. The first-order valence-electron chi connectivity index (χ1n) is 26.4. The van der Waals surface area contributed by atoms with E-state index in [1.165, 1.54) is 24.2 Å². The van der Waals surface area contributed by atoms with Crippen molar-refractivity contribution in [1.29, 1.82) is 0 Å². The van der Waals surface area contributed by atoms with Crippen LogP contribution in [0.4, 0.5) is 21.9 Å². The summed E-state index contributed by atoms with van der Waals surface area (Å²) in [5.41, 5.74) is 5.18. The van der Waals surface area contributed by atoms with Gasteiger partial charge in [-0.1, -0.05) is 36.4 Å². The third-order valence-corrected chi connectivity index (χ3v) is 13.8. The van der Waals surface area contributed by atoms with Crippen LogP contribution in [0.1, 0.15) is 103 Å². The Kier molecular flexibility index (Phi) is 18.9. The monoisotopic (exact) mass is 1070 g/mol. The molecule has 0 saturated heterocycles. The number of aliphatic imine (C=N–C) groups is 1. The minimum atomic E-state index is -1.47. The fourth-order valence-electron chi connectivity index (χ4n) is 9.68. The van der Waals surface area contributed by atoms with Crippen LogP contribution in [-0.4, -0.2) is 132 Å². The Hall–Kier alpha value is -8.16. The molecule has 5 heterocycles. The number of aliphatic hydroxyl groups is 1. The number of unbranched alkanes of at least 4 members (excludes halogenated alkanes) is 2. The van der Waals surface area contributed by atoms with Crippen molar-refractivity contribution in [3.05, 3.63) is 131 Å². The number of carbonyl (C=O) groups excluding carboxylic acids is 7. The number of aryl methyl sites for hydroxylation is 1. The average molecular weight is 1070 g/mol. The van der Waals surface area contributed by atoms with Gasteiger partial charge in [-0.2, -0.15) is 0 Å².